The predicted octanol–water partition coefficient (Wildman–Crippen LogP) is 1.67. The van der Waals surface area contributed by atoms with Gasteiger partial charge in [-0.2, -0.15) is 5.10 Å². The molecule has 7 heteroatoms. The number of hydrogen-bond acceptors (Lipinski definition) is 5. The largest absolute Gasteiger partial charge is 0.374 e. The molecule has 1 amide bonds. The number of aromatic nitrogens is 2. The molecule has 0 spiro atoms. The summed E-state index contributed by atoms with van der Waals surface area (Å²) in [6.45, 7) is 6.15. The number of aryl methyl sites for hydroxylation is 1. The number of benzene rings is 1. The molecule has 0 saturated carbocycles. The van der Waals surface area contributed by atoms with Gasteiger partial charge in [0.2, 0.25) is 0 Å². The van der Waals surface area contributed by atoms with E-state index in [4.69, 9.17) is 4.74 Å². The first-order chi connectivity index (χ1) is 13.7. The van der Waals surface area contributed by atoms with E-state index in [0.29, 0.717) is 19.7 Å². The maximum absolute atomic E-state index is 12.4. The number of morpholine rings is 1. The first-order valence-corrected chi connectivity index (χ1v) is 9.90. The summed E-state index contributed by atoms with van der Waals surface area (Å²) in [5.74, 6) is -0.283. The van der Waals surface area contributed by atoms with Crippen LogP contribution in [0.5, 0.6) is 0 Å². The molecular weight excluding hydrogens is 356 g/mol. The topological polar surface area (TPSA) is 76.5 Å². The third kappa shape index (κ3) is 5.74. The molecule has 1 saturated heterocycles. The van der Waals surface area contributed by atoms with Gasteiger partial charge in [0.1, 0.15) is 5.69 Å². The maximum atomic E-state index is 12.4. The summed E-state index contributed by atoms with van der Waals surface area (Å²) >= 11 is 0. The zero-order chi connectivity index (χ0) is 19.8. The summed E-state index contributed by atoms with van der Waals surface area (Å²) < 4.78 is 7.15. The van der Waals surface area contributed by atoms with E-state index < -0.39 is 0 Å². The Hall–Kier alpha value is -2.51. The number of ether oxygens (including phenoxy) is 1. The molecule has 0 aliphatic carbocycles. The Labute approximate surface area is 165 Å². The van der Waals surface area contributed by atoms with E-state index in [1.807, 2.05) is 25.1 Å². The van der Waals surface area contributed by atoms with Crippen molar-refractivity contribution in [2.24, 2.45) is 0 Å². The molecular formula is C21H28N4O3. The number of amides is 1. The monoisotopic (exact) mass is 384 g/mol. The van der Waals surface area contributed by atoms with Crippen LogP contribution in [0.1, 0.15) is 35.8 Å². The standard InChI is InChI=1S/C21H28N4O3/c1-2-3-11-25-20(26)10-9-19(23-25)21(27)22-14-18-16-24(12-13-28-18)15-17-7-5-4-6-8-17/h4-10,18H,2-3,11-16H2,1H3,(H,22,27). The second kappa shape index (κ2) is 10.1. The Morgan fingerprint density at radius 3 is 2.86 bits per heavy atom. The van der Waals surface area contributed by atoms with Crippen molar-refractivity contribution in [3.05, 3.63) is 64.1 Å². The predicted molar refractivity (Wildman–Crippen MR) is 107 cm³/mol. The van der Waals surface area contributed by atoms with E-state index in [9.17, 15) is 9.59 Å². The Balaban J connectivity index is 1.52. The molecule has 7 nitrogen and oxygen atoms in total. The summed E-state index contributed by atoms with van der Waals surface area (Å²) in [5.41, 5.74) is 1.34. The van der Waals surface area contributed by atoms with Crippen LogP contribution < -0.4 is 10.9 Å². The molecule has 150 valence electrons. The van der Waals surface area contributed by atoms with E-state index in [1.165, 1.54) is 22.4 Å². The van der Waals surface area contributed by atoms with Crippen LogP contribution in [0.25, 0.3) is 0 Å². The molecule has 0 radical (unpaired) electrons. The summed E-state index contributed by atoms with van der Waals surface area (Å²) in [6.07, 6.45) is 1.75. The van der Waals surface area contributed by atoms with Crippen molar-refractivity contribution in [1.29, 1.82) is 0 Å². The second-order valence-electron chi connectivity index (χ2n) is 7.06. The molecule has 0 bridgehead atoms. The normalized spacial score (nSPS) is 17.4. The quantitative estimate of drug-likeness (QED) is 0.749. The lowest BCUT2D eigenvalue weighted by molar-refractivity contribution is -0.0292. The average Bonchev–Trinajstić information content (AvgIpc) is 2.72. The Kier molecular flexibility index (Phi) is 7.33. The molecule has 3 rings (SSSR count). The number of unbranched alkanes of at least 4 members (excludes halogenated alkanes) is 1. The van der Waals surface area contributed by atoms with Crippen LogP contribution in [0.15, 0.2) is 47.3 Å². The van der Waals surface area contributed by atoms with Crippen LogP contribution in [0.2, 0.25) is 0 Å². The summed E-state index contributed by atoms with van der Waals surface area (Å²) in [7, 11) is 0. The van der Waals surface area contributed by atoms with Crippen molar-refractivity contribution in [2.45, 2.75) is 39.0 Å². The van der Waals surface area contributed by atoms with Crippen molar-refractivity contribution in [3.63, 3.8) is 0 Å². The van der Waals surface area contributed by atoms with Crippen LogP contribution in [0.3, 0.4) is 0 Å². The van der Waals surface area contributed by atoms with Crippen molar-refractivity contribution < 1.29 is 9.53 Å². The maximum Gasteiger partial charge on any atom is 0.271 e. The summed E-state index contributed by atoms with van der Waals surface area (Å²) in [6, 6.07) is 13.2. The van der Waals surface area contributed by atoms with Gasteiger partial charge in [-0.15, -0.1) is 0 Å². The Morgan fingerprint density at radius 1 is 1.25 bits per heavy atom. The highest BCUT2D eigenvalue weighted by Crippen LogP contribution is 2.10. The lowest BCUT2D eigenvalue weighted by Gasteiger charge is -2.33. The number of rotatable bonds is 8. The number of nitrogens with zero attached hydrogens (tertiary/aromatic N) is 3. The van der Waals surface area contributed by atoms with E-state index in [0.717, 1.165) is 32.5 Å². The van der Waals surface area contributed by atoms with E-state index in [-0.39, 0.29) is 23.3 Å². The van der Waals surface area contributed by atoms with Gasteiger partial charge in [-0.1, -0.05) is 43.7 Å². The molecule has 1 aromatic heterocycles. The van der Waals surface area contributed by atoms with Gasteiger partial charge in [-0.25, -0.2) is 4.68 Å². The molecule has 2 heterocycles. The van der Waals surface area contributed by atoms with Crippen LogP contribution in [-0.2, 0) is 17.8 Å². The van der Waals surface area contributed by atoms with Crippen molar-refractivity contribution in [3.8, 4) is 0 Å². The van der Waals surface area contributed by atoms with Crippen molar-refractivity contribution >= 4 is 5.91 Å². The van der Waals surface area contributed by atoms with Gasteiger partial charge in [0.15, 0.2) is 0 Å². The fourth-order valence-corrected chi connectivity index (χ4v) is 3.22. The molecule has 1 N–H and O–H groups in total. The zero-order valence-electron chi connectivity index (χ0n) is 16.3. The lowest BCUT2D eigenvalue weighted by atomic mass is 10.2. The SMILES string of the molecule is CCCCn1nc(C(=O)NCC2CN(Cc3ccccc3)CCO2)ccc1=O. The number of hydrogen-bond donors (Lipinski definition) is 1. The third-order valence-electron chi connectivity index (χ3n) is 4.78. The van der Waals surface area contributed by atoms with Crippen LogP contribution in [0, 0.1) is 0 Å². The summed E-state index contributed by atoms with van der Waals surface area (Å²) in [5, 5.41) is 7.07. The van der Waals surface area contributed by atoms with Crippen LogP contribution in [0.4, 0.5) is 0 Å². The van der Waals surface area contributed by atoms with E-state index in [2.05, 4.69) is 27.4 Å². The second-order valence-corrected chi connectivity index (χ2v) is 7.06. The molecule has 28 heavy (non-hydrogen) atoms. The van der Waals surface area contributed by atoms with Crippen LogP contribution >= 0.6 is 0 Å². The fourth-order valence-electron chi connectivity index (χ4n) is 3.22. The first kappa shape index (κ1) is 20.2. The highest BCUT2D eigenvalue weighted by molar-refractivity contribution is 5.91. The molecule has 1 fully saturated rings. The fraction of sp³-hybridized carbons (Fsp3) is 0.476. The molecule has 1 aliphatic heterocycles. The highest BCUT2D eigenvalue weighted by Gasteiger charge is 2.21. The lowest BCUT2D eigenvalue weighted by Crippen LogP contribution is -2.47. The molecule has 1 aromatic carbocycles. The number of nitrogens with one attached hydrogen (secondary N) is 1. The smallest absolute Gasteiger partial charge is 0.271 e. The molecule has 1 unspecified atom stereocenters. The minimum Gasteiger partial charge on any atom is -0.374 e. The first-order valence-electron chi connectivity index (χ1n) is 9.90. The van der Waals surface area contributed by atoms with E-state index in [1.54, 1.807) is 0 Å². The molecule has 1 atom stereocenters. The third-order valence-corrected chi connectivity index (χ3v) is 4.78. The van der Waals surface area contributed by atoms with Crippen molar-refractivity contribution in [1.82, 2.24) is 20.0 Å². The van der Waals surface area contributed by atoms with Gasteiger partial charge in [0.05, 0.1) is 12.7 Å². The zero-order valence-corrected chi connectivity index (χ0v) is 16.3. The van der Waals surface area contributed by atoms with Gasteiger partial charge < -0.3 is 10.1 Å². The van der Waals surface area contributed by atoms with Gasteiger partial charge in [-0.05, 0) is 18.1 Å². The summed E-state index contributed by atoms with van der Waals surface area (Å²) in [4.78, 5) is 26.6. The average molecular weight is 384 g/mol. The van der Waals surface area contributed by atoms with Gasteiger partial charge in [0.25, 0.3) is 11.5 Å². The minimum atomic E-state index is -0.283. The van der Waals surface area contributed by atoms with Gasteiger partial charge >= 0.3 is 0 Å². The molecule has 1 aliphatic rings. The van der Waals surface area contributed by atoms with Crippen molar-refractivity contribution in [2.75, 3.05) is 26.2 Å². The van der Waals surface area contributed by atoms with Gasteiger partial charge in [-0.3, -0.25) is 14.5 Å². The van der Waals surface area contributed by atoms with Gasteiger partial charge in [0, 0.05) is 38.8 Å². The Bertz CT molecular complexity index is 822. The number of carbonyl (C=O) groups excluding carboxylic acids is 1. The number of carbonyl (C=O) groups is 1. The van der Waals surface area contributed by atoms with Crippen LogP contribution in [-0.4, -0.2) is 52.9 Å². The molecule has 2 aromatic rings. The highest BCUT2D eigenvalue weighted by atomic mass is 16.5. The Morgan fingerprint density at radius 2 is 2.07 bits per heavy atom. The minimum absolute atomic E-state index is 0.0626. The van der Waals surface area contributed by atoms with E-state index >= 15 is 0 Å².